The number of carboxylic acid groups (broad SMARTS) is 1. The number of Topliss-reactive ketones (excluding diaryl/α,β-unsaturated/α-hetero) is 1. The van der Waals surface area contributed by atoms with Crippen LogP contribution >= 0.6 is 12.4 Å². The van der Waals surface area contributed by atoms with Crippen LogP contribution in [-0.4, -0.2) is 21.8 Å². The number of aromatic nitrogens is 1. The molecule has 0 amide bonds. The minimum atomic E-state index is -1.13. The third-order valence-electron chi connectivity index (χ3n) is 1.37. The van der Waals surface area contributed by atoms with Crippen LogP contribution in [0.2, 0.25) is 0 Å². The summed E-state index contributed by atoms with van der Waals surface area (Å²) < 4.78 is 0. The van der Waals surface area contributed by atoms with E-state index in [1.807, 2.05) is 0 Å². The fourth-order valence-corrected chi connectivity index (χ4v) is 0.858. The fraction of sp³-hybridized carbons (Fsp3) is 0.125. The molecule has 1 rings (SSSR count). The lowest BCUT2D eigenvalue weighted by Crippen LogP contribution is -2.07. The zero-order valence-electron chi connectivity index (χ0n) is 6.85. The first-order valence-electron chi connectivity index (χ1n) is 3.32. The average molecular weight is 202 g/mol. The highest BCUT2D eigenvalue weighted by Gasteiger charge is 2.13. The van der Waals surface area contributed by atoms with E-state index in [0.29, 0.717) is 0 Å². The second kappa shape index (κ2) is 4.57. The highest BCUT2D eigenvalue weighted by Crippen LogP contribution is 2.05. The highest BCUT2D eigenvalue weighted by molar-refractivity contribution is 6.03. The summed E-state index contributed by atoms with van der Waals surface area (Å²) in [5.74, 6) is -1.47. The van der Waals surface area contributed by atoms with E-state index in [1.54, 1.807) is 0 Å². The number of carboxylic acids is 1. The topological polar surface area (TPSA) is 67.3 Å². The lowest BCUT2D eigenvalue weighted by molar-refractivity contribution is 0.0691. The Bertz CT molecular complexity index is 305. The maximum Gasteiger partial charge on any atom is 0.338 e. The van der Waals surface area contributed by atoms with Crippen molar-refractivity contribution in [3.63, 3.8) is 0 Å². The van der Waals surface area contributed by atoms with Crippen molar-refractivity contribution in [3.8, 4) is 0 Å². The van der Waals surface area contributed by atoms with Gasteiger partial charge in [0.25, 0.3) is 0 Å². The van der Waals surface area contributed by atoms with Crippen LogP contribution in [0.1, 0.15) is 27.8 Å². The SMILES string of the molecule is CC(=O)c1ncccc1C(=O)O.Cl. The molecule has 1 heterocycles. The van der Waals surface area contributed by atoms with Gasteiger partial charge in [-0.25, -0.2) is 4.79 Å². The molecule has 70 valence electrons. The second-order valence-electron chi connectivity index (χ2n) is 2.26. The highest BCUT2D eigenvalue weighted by atomic mass is 35.5. The first-order chi connectivity index (χ1) is 5.63. The van der Waals surface area contributed by atoms with Gasteiger partial charge in [-0.2, -0.15) is 0 Å². The quantitative estimate of drug-likeness (QED) is 0.735. The van der Waals surface area contributed by atoms with E-state index in [0.717, 1.165) is 0 Å². The summed E-state index contributed by atoms with van der Waals surface area (Å²) >= 11 is 0. The van der Waals surface area contributed by atoms with Gasteiger partial charge in [-0.05, 0) is 12.1 Å². The number of carbonyl (C=O) groups excluding carboxylic acids is 1. The smallest absolute Gasteiger partial charge is 0.338 e. The molecular formula is C8H8ClNO3. The van der Waals surface area contributed by atoms with Gasteiger partial charge in [0.05, 0.1) is 5.56 Å². The second-order valence-corrected chi connectivity index (χ2v) is 2.26. The number of hydrogen-bond donors (Lipinski definition) is 1. The largest absolute Gasteiger partial charge is 0.478 e. The molecule has 0 fully saturated rings. The summed E-state index contributed by atoms with van der Waals surface area (Å²) in [7, 11) is 0. The first-order valence-corrected chi connectivity index (χ1v) is 3.32. The lowest BCUT2D eigenvalue weighted by Gasteiger charge is -1.98. The minimum Gasteiger partial charge on any atom is -0.478 e. The Balaban J connectivity index is 0.00000144. The van der Waals surface area contributed by atoms with Gasteiger partial charge in [-0.1, -0.05) is 0 Å². The van der Waals surface area contributed by atoms with Crippen molar-refractivity contribution < 1.29 is 14.7 Å². The molecule has 0 unspecified atom stereocenters. The van der Waals surface area contributed by atoms with Gasteiger partial charge >= 0.3 is 5.97 Å². The van der Waals surface area contributed by atoms with E-state index in [9.17, 15) is 9.59 Å². The van der Waals surface area contributed by atoms with E-state index >= 15 is 0 Å². The number of halogens is 1. The van der Waals surface area contributed by atoms with Crippen molar-refractivity contribution >= 4 is 24.2 Å². The molecule has 4 nitrogen and oxygen atoms in total. The third-order valence-corrected chi connectivity index (χ3v) is 1.37. The molecule has 0 aromatic carbocycles. The predicted molar refractivity (Wildman–Crippen MR) is 48.4 cm³/mol. The molecule has 0 atom stereocenters. The maximum absolute atomic E-state index is 10.8. The van der Waals surface area contributed by atoms with E-state index in [-0.39, 0.29) is 29.4 Å². The fourth-order valence-electron chi connectivity index (χ4n) is 0.858. The monoisotopic (exact) mass is 201 g/mol. The van der Waals surface area contributed by atoms with Gasteiger partial charge in [-0.15, -0.1) is 12.4 Å². The van der Waals surface area contributed by atoms with Crippen LogP contribution in [0.25, 0.3) is 0 Å². The van der Waals surface area contributed by atoms with Crippen molar-refractivity contribution in [2.24, 2.45) is 0 Å². The molecule has 0 radical (unpaired) electrons. The molecular weight excluding hydrogens is 194 g/mol. The summed E-state index contributed by atoms with van der Waals surface area (Å²) in [5.41, 5.74) is -0.0463. The van der Waals surface area contributed by atoms with Crippen molar-refractivity contribution in [1.82, 2.24) is 4.98 Å². The summed E-state index contributed by atoms with van der Waals surface area (Å²) in [6, 6.07) is 2.84. The summed E-state index contributed by atoms with van der Waals surface area (Å²) in [5, 5.41) is 8.62. The van der Waals surface area contributed by atoms with Gasteiger partial charge in [0.1, 0.15) is 5.69 Å². The zero-order valence-corrected chi connectivity index (χ0v) is 7.67. The van der Waals surface area contributed by atoms with Crippen LogP contribution in [0.5, 0.6) is 0 Å². The Morgan fingerprint density at radius 3 is 2.46 bits per heavy atom. The molecule has 0 aliphatic carbocycles. The Hall–Kier alpha value is -1.42. The number of ketones is 1. The first kappa shape index (κ1) is 11.6. The van der Waals surface area contributed by atoms with Crippen molar-refractivity contribution in [2.45, 2.75) is 6.92 Å². The number of carbonyl (C=O) groups is 2. The number of nitrogens with zero attached hydrogens (tertiary/aromatic N) is 1. The Kier molecular flexibility index (Phi) is 4.07. The minimum absolute atomic E-state index is 0. The van der Waals surface area contributed by atoms with Gasteiger partial charge in [-0.3, -0.25) is 9.78 Å². The van der Waals surface area contributed by atoms with Crippen LogP contribution in [0.15, 0.2) is 18.3 Å². The molecule has 5 heteroatoms. The van der Waals surface area contributed by atoms with E-state index in [4.69, 9.17) is 5.11 Å². The van der Waals surface area contributed by atoms with E-state index in [1.165, 1.54) is 25.3 Å². The van der Waals surface area contributed by atoms with Crippen LogP contribution < -0.4 is 0 Å². The molecule has 0 aliphatic heterocycles. The van der Waals surface area contributed by atoms with Gasteiger partial charge < -0.3 is 5.11 Å². The predicted octanol–water partition coefficient (Wildman–Crippen LogP) is 1.40. The molecule has 0 saturated heterocycles. The molecule has 0 bridgehead atoms. The molecule has 1 aromatic heterocycles. The van der Waals surface area contributed by atoms with Crippen molar-refractivity contribution in [2.75, 3.05) is 0 Å². The standard InChI is InChI=1S/C8H7NO3.ClH/c1-5(10)7-6(8(11)12)3-2-4-9-7;/h2-4H,1H3,(H,11,12);1H. The van der Waals surface area contributed by atoms with Gasteiger partial charge in [0.2, 0.25) is 0 Å². The van der Waals surface area contributed by atoms with Crippen molar-refractivity contribution in [1.29, 1.82) is 0 Å². The normalized spacial score (nSPS) is 8.69. The number of rotatable bonds is 2. The van der Waals surface area contributed by atoms with Crippen LogP contribution in [0.3, 0.4) is 0 Å². The van der Waals surface area contributed by atoms with Crippen LogP contribution in [0.4, 0.5) is 0 Å². The number of hydrogen-bond acceptors (Lipinski definition) is 3. The number of aromatic carboxylic acids is 1. The number of pyridine rings is 1. The summed E-state index contributed by atoms with van der Waals surface area (Å²) in [4.78, 5) is 25.0. The average Bonchev–Trinajstić information content (AvgIpc) is 2.04. The van der Waals surface area contributed by atoms with Gasteiger partial charge in [0, 0.05) is 13.1 Å². The van der Waals surface area contributed by atoms with E-state index in [2.05, 4.69) is 4.98 Å². The Morgan fingerprint density at radius 1 is 1.46 bits per heavy atom. The molecule has 1 aromatic rings. The van der Waals surface area contributed by atoms with Crippen LogP contribution in [-0.2, 0) is 0 Å². The molecule has 0 saturated carbocycles. The third kappa shape index (κ3) is 2.52. The summed E-state index contributed by atoms with van der Waals surface area (Å²) in [6.07, 6.45) is 1.39. The van der Waals surface area contributed by atoms with Crippen LogP contribution in [0, 0.1) is 0 Å². The van der Waals surface area contributed by atoms with Gasteiger partial charge in [0.15, 0.2) is 5.78 Å². The molecule has 0 spiro atoms. The summed E-state index contributed by atoms with van der Waals surface area (Å²) in [6.45, 7) is 1.29. The van der Waals surface area contributed by atoms with E-state index < -0.39 is 5.97 Å². The van der Waals surface area contributed by atoms with Crippen molar-refractivity contribution in [3.05, 3.63) is 29.6 Å². The molecule has 0 aliphatic rings. The Labute approximate surface area is 81.0 Å². The Morgan fingerprint density at radius 2 is 2.08 bits per heavy atom. The lowest BCUT2D eigenvalue weighted by atomic mass is 10.1. The maximum atomic E-state index is 10.8. The molecule has 13 heavy (non-hydrogen) atoms. The zero-order chi connectivity index (χ0) is 9.14. The molecule has 1 N–H and O–H groups in total.